The summed E-state index contributed by atoms with van der Waals surface area (Å²) in [5.41, 5.74) is 0.310. The third kappa shape index (κ3) is 5.31. The summed E-state index contributed by atoms with van der Waals surface area (Å²) in [6.45, 7) is 2.08. The van der Waals surface area contributed by atoms with Crippen LogP contribution in [0.25, 0.3) is 0 Å². The van der Waals surface area contributed by atoms with Crippen LogP contribution in [0.2, 0.25) is 0 Å². The molecule has 4 amide bonds. The molecule has 1 aliphatic heterocycles. The lowest BCUT2D eigenvalue weighted by Gasteiger charge is -2.28. The molecule has 4 aromatic carbocycles. The van der Waals surface area contributed by atoms with Crippen molar-refractivity contribution in [1.82, 2.24) is 10.2 Å². The van der Waals surface area contributed by atoms with Crippen LogP contribution in [0.3, 0.4) is 0 Å². The summed E-state index contributed by atoms with van der Waals surface area (Å²) >= 11 is 0. The predicted molar refractivity (Wildman–Crippen MR) is 147 cm³/mol. The first-order chi connectivity index (χ1) is 19.0. The molecule has 39 heavy (non-hydrogen) atoms. The van der Waals surface area contributed by atoms with Gasteiger partial charge in [0, 0.05) is 5.69 Å². The third-order valence-electron chi connectivity index (χ3n) is 6.33. The van der Waals surface area contributed by atoms with Gasteiger partial charge < -0.3 is 20.1 Å². The van der Waals surface area contributed by atoms with Crippen molar-refractivity contribution in [1.29, 1.82) is 0 Å². The average Bonchev–Trinajstić information content (AvgIpc) is 3.22. The summed E-state index contributed by atoms with van der Waals surface area (Å²) < 4.78 is 11.3. The Morgan fingerprint density at radius 1 is 0.769 bits per heavy atom. The standard InChI is InChI=1S/C31H27N3O5/c1-2-38-25-17-19-27(20-18-25)39-26-15-13-24(14-16-26)32-28(35)21-34-29(36)31(33-30(34)37,22-9-5-3-6-10-22)23-11-7-4-8-12-23/h3-20H,2,21H2,1H3,(H,32,35)(H,33,37). The highest BCUT2D eigenvalue weighted by Gasteiger charge is 2.54. The normalized spacial score (nSPS) is 14.0. The fraction of sp³-hybridized carbons (Fsp3) is 0.129. The van der Waals surface area contributed by atoms with Gasteiger partial charge in [-0.3, -0.25) is 14.5 Å². The smallest absolute Gasteiger partial charge is 0.326 e. The monoisotopic (exact) mass is 521 g/mol. The minimum Gasteiger partial charge on any atom is -0.494 e. The molecule has 0 atom stereocenters. The highest BCUT2D eigenvalue weighted by molar-refractivity contribution is 6.12. The molecule has 0 unspecified atom stereocenters. The van der Waals surface area contributed by atoms with Crippen LogP contribution >= 0.6 is 0 Å². The number of carbonyl (C=O) groups excluding carboxylic acids is 3. The third-order valence-corrected chi connectivity index (χ3v) is 6.33. The van der Waals surface area contributed by atoms with Gasteiger partial charge in [0.05, 0.1) is 6.61 Å². The van der Waals surface area contributed by atoms with E-state index in [-0.39, 0.29) is 0 Å². The predicted octanol–water partition coefficient (Wildman–Crippen LogP) is 5.31. The molecular weight excluding hydrogens is 494 g/mol. The van der Waals surface area contributed by atoms with Gasteiger partial charge in [-0.2, -0.15) is 0 Å². The van der Waals surface area contributed by atoms with Crippen molar-refractivity contribution in [3.63, 3.8) is 0 Å². The van der Waals surface area contributed by atoms with Gasteiger partial charge >= 0.3 is 6.03 Å². The average molecular weight is 522 g/mol. The Morgan fingerprint density at radius 2 is 1.28 bits per heavy atom. The first kappa shape index (κ1) is 25.5. The SMILES string of the molecule is CCOc1ccc(Oc2ccc(NC(=O)CN3C(=O)NC(c4ccccc4)(c4ccccc4)C3=O)cc2)cc1. The summed E-state index contributed by atoms with van der Waals surface area (Å²) in [7, 11) is 0. The summed E-state index contributed by atoms with van der Waals surface area (Å²) in [5.74, 6) is 0.975. The molecule has 0 aromatic heterocycles. The molecule has 0 radical (unpaired) electrons. The maximum absolute atomic E-state index is 13.7. The van der Waals surface area contributed by atoms with Gasteiger partial charge in [-0.15, -0.1) is 0 Å². The van der Waals surface area contributed by atoms with E-state index in [1.54, 1.807) is 72.8 Å². The molecule has 0 bridgehead atoms. The number of nitrogens with zero attached hydrogens (tertiary/aromatic N) is 1. The quantitative estimate of drug-likeness (QED) is 0.291. The Kier molecular flexibility index (Phi) is 7.27. The van der Waals surface area contributed by atoms with Crippen LogP contribution in [0, 0.1) is 0 Å². The molecule has 8 heteroatoms. The van der Waals surface area contributed by atoms with Gasteiger partial charge in [0.1, 0.15) is 23.8 Å². The van der Waals surface area contributed by atoms with Crippen molar-refractivity contribution < 1.29 is 23.9 Å². The van der Waals surface area contributed by atoms with E-state index in [1.807, 2.05) is 43.3 Å². The number of amides is 4. The van der Waals surface area contributed by atoms with Crippen LogP contribution in [-0.2, 0) is 15.1 Å². The Balaban J connectivity index is 1.27. The number of rotatable bonds is 9. The first-order valence-corrected chi connectivity index (χ1v) is 12.6. The fourth-order valence-corrected chi connectivity index (χ4v) is 4.51. The first-order valence-electron chi connectivity index (χ1n) is 12.6. The van der Waals surface area contributed by atoms with E-state index in [4.69, 9.17) is 9.47 Å². The molecule has 4 aromatic rings. The van der Waals surface area contributed by atoms with Crippen LogP contribution in [0.1, 0.15) is 18.1 Å². The molecule has 1 heterocycles. The molecule has 1 saturated heterocycles. The van der Waals surface area contributed by atoms with E-state index in [9.17, 15) is 14.4 Å². The lowest BCUT2D eigenvalue weighted by molar-refractivity contribution is -0.133. The van der Waals surface area contributed by atoms with E-state index in [1.165, 1.54) is 0 Å². The van der Waals surface area contributed by atoms with Crippen LogP contribution in [0.5, 0.6) is 17.2 Å². The van der Waals surface area contributed by atoms with Gasteiger partial charge in [-0.1, -0.05) is 60.7 Å². The van der Waals surface area contributed by atoms with Gasteiger partial charge in [-0.25, -0.2) is 4.79 Å². The number of ether oxygens (including phenoxy) is 2. The lowest BCUT2D eigenvalue weighted by Crippen LogP contribution is -2.45. The van der Waals surface area contributed by atoms with Crippen molar-refractivity contribution in [3.8, 4) is 17.2 Å². The summed E-state index contributed by atoms with van der Waals surface area (Å²) in [6, 6.07) is 31.5. The largest absolute Gasteiger partial charge is 0.494 e. The molecular formula is C31H27N3O5. The summed E-state index contributed by atoms with van der Waals surface area (Å²) in [4.78, 5) is 40.6. The molecule has 1 aliphatic rings. The number of anilines is 1. The molecule has 5 rings (SSSR count). The molecule has 0 saturated carbocycles. The molecule has 8 nitrogen and oxygen atoms in total. The number of urea groups is 1. The van der Waals surface area contributed by atoms with Gasteiger partial charge in [0.2, 0.25) is 5.91 Å². The Labute approximate surface area is 226 Å². The Bertz CT molecular complexity index is 1420. The maximum atomic E-state index is 13.7. The number of carbonyl (C=O) groups is 3. The molecule has 2 N–H and O–H groups in total. The lowest BCUT2D eigenvalue weighted by atomic mass is 9.82. The molecule has 0 aliphatic carbocycles. The van der Waals surface area contributed by atoms with Crippen LogP contribution < -0.4 is 20.1 Å². The second-order valence-electron chi connectivity index (χ2n) is 8.88. The minimum atomic E-state index is -1.42. The van der Waals surface area contributed by atoms with Crippen molar-refractivity contribution in [2.45, 2.75) is 12.5 Å². The van der Waals surface area contributed by atoms with Crippen molar-refractivity contribution >= 4 is 23.5 Å². The van der Waals surface area contributed by atoms with Crippen LogP contribution in [0.15, 0.2) is 109 Å². The zero-order valence-corrected chi connectivity index (χ0v) is 21.3. The summed E-state index contributed by atoms with van der Waals surface area (Å²) in [5, 5.41) is 5.59. The number of hydrogen-bond acceptors (Lipinski definition) is 5. The number of hydrogen-bond donors (Lipinski definition) is 2. The van der Waals surface area contributed by atoms with E-state index in [2.05, 4.69) is 10.6 Å². The number of nitrogens with one attached hydrogen (secondary N) is 2. The fourth-order valence-electron chi connectivity index (χ4n) is 4.51. The van der Waals surface area contributed by atoms with Gasteiger partial charge in [0.25, 0.3) is 5.91 Å². The Morgan fingerprint density at radius 3 is 1.82 bits per heavy atom. The maximum Gasteiger partial charge on any atom is 0.326 e. The topological polar surface area (TPSA) is 97.0 Å². The van der Waals surface area contributed by atoms with E-state index in [0.29, 0.717) is 34.9 Å². The summed E-state index contributed by atoms with van der Waals surface area (Å²) in [6.07, 6.45) is 0. The van der Waals surface area contributed by atoms with Gasteiger partial charge in [0.15, 0.2) is 5.54 Å². The van der Waals surface area contributed by atoms with Crippen LogP contribution in [0.4, 0.5) is 10.5 Å². The zero-order valence-electron chi connectivity index (χ0n) is 21.3. The molecule has 196 valence electrons. The van der Waals surface area contributed by atoms with E-state index < -0.39 is 29.9 Å². The number of benzene rings is 4. The van der Waals surface area contributed by atoms with E-state index in [0.717, 1.165) is 10.6 Å². The van der Waals surface area contributed by atoms with Gasteiger partial charge in [-0.05, 0) is 66.6 Å². The van der Waals surface area contributed by atoms with Crippen molar-refractivity contribution in [3.05, 3.63) is 120 Å². The second kappa shape index (κ2) is 11.1. The van der Waals surface area contributed by atoms with Crippen molar-refractivity contribution in [2.75, 3.05) is 18.5 Å². The van der Waals surface area contributed by atoms with E-state index >= 15 is 0 Å². The highest BCUT2D eigenvalue weighted by atomic mass is 16.5. The van der Waals surface area contributed by atoms with Crippen molar-refractivity contribution in [2.24, 2.45) is 0 Å². The second-order valence-corrected chi connectivity index (χ2v) is 8.88. The molecule has 0 spiro atoms. The molecule has 1 fully saturated rings. The van der Waals surface area contributed by atoms with Crippen LogP contribution in [-0.4, -0.2) is 35.9 Å². The number of imide groups is 1. The zero-order chi connectivity index (χ0) is 27.2. The minimum absolute atomic E-state index is 0.434. The highest BCUT2D eigenvalue weighted by Crippen LogP contribution is 2.36. The Hall–Kier alpha value is -5.11.